The normalized spacial score (nSPS) is 19.7. The van der Waals surface area contributed by atoms with Gasteiger partial charge in [0.2, 0.25) is 16.6 Å². The third-order valence-corrected chi connectivity index (χ3v) is 42.8. The van der Waals surface area contributed by atoms with E-state index in [9.17, 15) is 9.59 Å². The predicted octanol–water partition coefficient (Wildman–Crippen LogP) is 7.23. The van der Waals surface area contributed by atoms with Crippen LogP contribution in [0.5, 0.6) is 0 Å². The summed E-state index contributed by atoms with van der Waals surface area (Å²) in [5.41, 5.74) is 13.0. The van der Waals surface area contributed by atoms with Crippen LogP contribution in [0.1, 0.15) is 0 Å². The van der Waals surface area contributed by atoms with E-state index < -0.39 is 94.4 Å². The zero-order valence-corrected chi connectivity index (χ0v) is 46.4. The van der Waals surface area contributed by atoms with Crippen LogP contribution in [0.25, 0.3) is 0 Å². The third-order valence-electron chi connectivity index (χ3n) is 6.94. The maximum absolute atomic E-state index is 10.7. The molecule has 0 aliphatic heterocycles. The Morgan fingerprint density at radius 1 is 0.327 bits per heavy atom. The molecule has 0 bridgehead atoms. The zero-order valence-electron chi connectivity index (χ0n) is 35.4. The predicted molar refractivity (Wildman–Crippen MR) is 248 cm³/mol. The first-order valence-corrected chi connectivity index (χ1v) is 44.1. The molecule has 0 radical (unpaired) electrons. The summed E-state index contributed by atoms with van der Waals surface area (Å²) >= 11 is 0. The Bertz CT molecular complexity index is 1420. The number of hydrogen-bond acceptors (Lipinski definition) is 13. The number of hydrogen-bond donors (Lipinski definition) is 2. The average Bonchev–Trinajstić information content (AvgIpc) is 3.05. The van der Waals surface area contributed by atoms with Crippen LogP contribution in [0, 0.1) is 0 Å². The molecule has 0 aliphatic carbocycles. The van der Waals surface area contributed by atoms with Crippen LogP contribution < -0.4 is 0 Å². The molecule has 0 rings (SSSR count). The molecule has 0 aromatic carbocycles. The Morgan fingerprint density at radius 2 is 0.636 bits per heavy atom. The maximum Gasteiger partial charge on any atom is 0.514 e. The van der Waals surface area contributed by atoms with Gasteiger partial charge in [0.05, 0.1) is 0 Å². The van der Waals surface area contributed by atoms with Gasteiger partial charge in [-0.25, -0.2) is 0 Å². The first-order valence-electron chi connectivity index (χ1n) is 17.4. The van der Waals surface area contributed by atoms with Gasteiger partial charge in [0, 0.05) is 7.11 Å². The van der Waals surface area contributed by atoms with Gasteiger partial charge in [-0.05, 0) is 107 Å². The number of rotatable bonds is 30. The lowest BCUT2D eigenvalue weighted by Gasteiger charge is -2.47. The second kappa shape index (κ2) is 20.2. The SMILES string of the molecule is C=C[Si](C)(C)O[Si](C=C)(O[Si](C)(C=C)O[Si](C)(C)C)O[Si](C=C)(O[Si](C=C)(OC)O[Si](C)(C)C)O[Si](C=C)(O[Si](C)(C)C=C)O[Si](C)(C=C)O[Si](O)(O)C=C. The van der Waals surface area contributed by atoms with Gasteiger partial charge in [0.1, 0.15) is 0 Å². The Kier molecular flexibility index (Phi) is 20.0. The highest BCUT2D eigenvalue weighted by Crippen LogP contribution is 2.37. The van der Waals surface area contributed by atoms with Crippen molar-refractivity contribution in [2.24, 2.45) is 0 Å². The molecule has 0 aromatic heterocycles. The summed E-state index contributed by atoms with van der Waals surface area (Å²) in [6, 6.07) is 0. The highest BCUT2D eigenvalue weighted by Gasteiger charge is 2.65. The minimum atomic E-state index is -4.71. The van der Waals surface area contributed by atoms with Crippen molar-refractivity contribution in [1.82, 2.24) is 0 Å². The van der Waals surface area contributed by atoms with Crippen LogP contribution in [0.4, 0.5) is 0 Å². The van der Waals surface area contributed by atoms with Crippen LogP contribution >= 0.6 is 0 Å². The topological polar surface area (TPSA) is 142 Å². The molecule has 55 heavy (non-hydrogen) atoms. The Morgan fingerprint density at radius 3 is 0.891 bits per heavy atom. The summed E-state index contributed by atoms with van der Waals surface area (Å²) in [6.07, 6.45) is 0. The van der Waals surface area contributed by atoms with Crippen LogP contribution in [-0.4, -0.2) is 111 Å². The molecule has 2 N–H and O–H groups in total. The van der Waals surface area contributed by atoms with E-state index in [0.29, 0.717) is 0 Å². The van der Waals surface area contributed by atoms with Gasteiger partial charge in [0.15, 0.2) is 16.6 Å². The molecule has 0 spiro atoms. The molecule has 0 fully saturated rings. The van der Waals surface area contributed by atoms with Crippen molar-refractivity contribution in [2.75, 3.05) is 7.11 Å². The van der Waals surface area contributed by atoms with Gasteiger partial charge in [-0.15, -0.1) is 46.1 Å². The average molecular weight is 958 g/mol. The van der Waals surface area contributed by atoms with E-state index in [1.165, 1.54) is 35.6 Å². The van der Waals surface area contributed by atoms with E-state index in [4.69, 9.17) is 45.6 Å². The summed E-state index contributed by atoms with van der Waals surface area (Å²) in [7, 11) is -38.1. The minimum absolute atomic E-state index is 0.935. The fraction of sp³-hybridized carbons (Fsp3) is 0.419. The van der Waals surface area contributed by atoms with E-state index >= 15 is 0 Å². The van der Waals surface area contributed by atoms with Crippen molar-refractivity contribution in [2.45, 2.75) is 78.6 Å². The molecule has 0 aromatic rings. The molecule has 6 atom stereocenters. The molecular weight excluding hydrogens is 889 g/mol. The lowest BCUT2D eigenvalue weighted by molar-refractivity contribution is 0.119. The first kappa shape index (κ1) is 54.5. The van der Waals surface area contributed by atoms with Gasteiger partial charge in [-0.3, -0.25) is 0 Å². The summed E-state index contributed by atoms with van der Waals surface area (Å²) in [5.74, 6) is 0. The van der Waals surface area contributed by atoms with Crippen LogP contribution in [0.15, 0.2) is 111 Å². The standard InChI is InChI=1S/C31H68O13Si11/c1-23-47(17,18)37-53(29-7,40-49(21,25-3)35-45(11,12)13)43-55(31-9,42-52(28-6,34-10)36-46(14,15)16)44-54(30-8,38-48(19,20)24-2)41-50(22,26-4)39-51(32,33)27-5/h23-33H,1-9H2,10-22H3. The molecule has 0 aliphatic rings. The highest BCUT2D eigenvalue weighted by atomic mass is 28.6. The molecular formula is C31H68O13Si11. The molecule has 0 amide bonds. The summed E-state index contributed by atoms with van der Waals surface area (Å²) in [4.78, 5) is 21.4. The smallest absolute Gasteiger partial charge is 0.434 e. The highest BCUT2D eigenvalue weighted by molar-refractivity contribution is 6.99. The van der Waals surface area contributed by atoms with Crippen LogP contribution in [-0.2, 0) is 45.6 Å². The summed E-state index contributed by atoms with van der Waals surface area (Å²) in [5, 5.41) is 0. The van der Waals surface area contributed by atoms with Crippen molar-refractivity contribution in [1.29, 1.82) is 0 Å². The minimum Gasteiger partial charge on any atom is -0.434 e. The molecule has 6 unspecified atom stereocenters. The zero-order chi connectivity index (χ0) is 43.6. The van der Waals surface area contributed by atoms with Gasteiger partial charge < -0.3 is 55.2 Å². The van der Waals surface area contributed by atoms with Crippen molar-refractivity contribution in [3.8, 4) is 0 Å². The Balaban J connectivity index is 8.59. The van der Waals surface area contributed by atoms with Gasteiger partial charge >= 0.3 is 61.1 Å². The van der Waals surface area contributed by atoms with Crippen molar-refractivity contribution in [3.63, 3.8) is 0 Å². The van der Waals surface area contributed by atoms with Crippen molar-refractivity contribution < 1.29 is 55.2 Å². The van der Waals surface area contributed by atoms with E-state index in [0.717, 1.165) is 5.70 Å². The first-order chi connectivity index (χ1) is 24.7. The van der Waals surface area contributed by atoms with Gasteiger partial charge in [-0.1, -0.05) is 36.0 Å². The summed E-state index contributed by atoms with van der Waals surface area (Å²) < 4.78 is 73.9. The Hall–Kier alpha value is -0.474. The second-order valence-electron chi connectivity index (χ2n) is 15.6. The molecule has 0 saturated heterocycles. The molecule has 314 valence electrons. The monoisotopic (exact) mass is 956 g/mol. The van der Waals surface area contributed by atoms with Crippen molar-refractivity contribution in [3.05, 3.63) is 111 Å². The lowest BCUT2D eigenvalue weighted by atomic mass is 11.3. The van der Waals surface area contributed by atoms with Gasteiger partial charge in [0.25, 0.3) is 0 Å². The fourth-order valence-electron chi connectivity index (χ4n) is 4.39. The lowest BCUT2D eigenvalue weighted by Crippen LogP contribution is -2.72. The van der Waals surface area contributed by atoms with Gasteiger partial charge in [-0.2, -0.15) is 0 Å². The van der Waals surface area contributed by atoms with E-state index in [-0.39, 0.29) is 0 Å². The largest absolute Gasteiger partial charge is 0.514 e. The molecule has 13 nitrogen and oxygen atoms in total. The maximum atomic E-state index is 10.7. The van der Waals surface area contributed by atoms with Crippen LogP contribution in [0.2, 0.25) is 78.6 Å². The summed E-state index contributed by atoms with van der Waals surface area (Å²) in [6.45, 7) is 58.9. The van der Waals surface area contributed by atoms with E-state index in [1.54, 1.807) is 23.6 Å². The fourth-order valence-corrected chi connectivity index (χ4v) is 43.5. The Labute approximate surface area is 343 Å². The van der Waals surface area contributed by atoms with Crippen molar-refractivity contribution >= 4 is 94.4 Å². The molecule has 0 heterocycles. The van der Waals surface area contributed by atoms with E-state index in [2.05, 4.69) is 59.2 Å². The molecule has 24 heteroatoms. The van der Waals surface area contributed by atoms with E-state index in [1.807, 2.05) is 72.0 Å². The second-order valence-corrected chi connectivity index (χ2v) is 52.9. The van der Waals surface area contributed by atoms with Crippen LogP contribution in [0.3, 0.4) is 0 Å². The quantitative estimate of drug-likeness (QED) is 0.0701. The third kappa shape index (κ3) is 17.7. The molecule has 0 saturated carbocycles.